The van der Waals surface area contributed by atoms with Gasteiger partial charge in [0, 0.05) is 24.0 Å². The Balaban J connectivity index is 1.40. The second kappa shape index (κ2) is 10.5. The number of nitrogens with one attached hydrogen (secondary N) is 1. The molecule has 1 aliphatic heterocycles. The van der Waals surface area contributed by atoms with Crippen molar-refractivity contribution in [2.45, 2.75) is 17.9 Å². The monoisotopic (exact) mass is 503 g/mol. The molecule has 0 aliphatic carbocycles. The van der Waals surface area contributed by atoms with Gasteiger partial charge < -0.3 is 14.2 Å². The Hall–Kier alpha value is -2.99. The first kappa shape index (κ1) is 24.1. The van der Waals surface area contributed by atoms with Crippen LogP contribution in [0.2, 0.25) is 0 Å². The van der Waals surface area contributed by atoms with Crippen LogP contribution in [0, 0.1) is 0 Å². The lowest BCUT2D eigenvalue weighted by Gasteiger charge is -2.26. The SMILES string of the molecule is COc1ccccc1O[C@H](C)C(=O)Nc1nc(-c2ccc(S(=O)(=O)N3CCOCC3)cc2)cs1. The van der Waals surface area contributed by atoms with Gasteiger partial charge in [-0.2, -0.15) is 4.31 Å². The largest absolute Gasteiger partial charge is 0.493 e. The highest BCUT2D eigenvalue weighted by atomic mass is 32.2. The standard InChI is InChI=1S/C23H25N3O6S2/c1-16(32-21-6-4-3-5-20(21)30-2)22(27)25-23-24-19(15-33-23)17-7-9-18(10-8-17)34(28,29)26-11-13-31-14-12-26/h3-10,15-16H,11-14H2,1-2H3,(H,24,25,27)/t16-/m1/s1. The van der Waals surface area contributed by atoms with Gasteiger partial charge in [-0.15, -0.1) is 11.3 Å². The molecule has 1 fully saturated rings. The number of para-hydroxylation sites is 2. The highest BCUT2D eigenvalue weighted by molar-refractivity contribution is 7.89. The second-order valence-electron chi connectivity index (χ2n) is 7.48. The number of thiazole rings is 1. The molecule has 11 heteroatoms. The number of ether oxygens (including phenoxy) is 3. The summed E-state index contributed by atoms with van der Waals surface area (Å²) in [5, 5.41) is 4.97. The van der Waals surface area contributed by atoms with Gasteiger partial charge in [-0.25, -0.2) is 13.4 Å². The number of morpholine rings is 1. The minimum absolute atomic E-state index is 0.226. The molecule has 0 radical (unpaired) electrons. The normalized spacial score (nSPS) is 15.5. The fourth-order valence-electron chi connectivity index (χ4n) is 3.36. The fraction of sp³-hybridized carbons (Fsp3) is 0.304. The molecule has 1 atom stereocenters. The van der Waals surface area contributed by atoms with Crippen molar-refractivity contribution in [2.75, 3.05) is 38.7 Å². The highest BCUT2D eigenvalue weighted by Crippen LogP contribution is 2.29. The molecule has 0 unspecified atom stereocenters. The molecular formula is C23H25N3O6S2. The Morgan fingerprint density at radius 1 is 1.12 bits per heavy atom. The van der Waals surface area contributed by atoms with Crippen molar-refractivity contribution >= 4 is 32.4 Å². The van der Waals surface area contributed by atoms with E-state index in [1.165, 1.54) is 22.8 Å². The molecule has 1 amide bonds. The van der Waals surface area contributed by atoms with Crippen LogP contribution < -0.4 is 14.8 Å². The molecule has 2 heterocycles. The summed E-state index contributed by atoms with van der Waals surface area (Å²) in [5.41, 5.74) is 1.38. The van der Waals surface area contributed by atoms with Gasteiger partial charge in [-0.05, 0) is 31.2 Å². The van der Waals surface area contributed by atoms with Crippen LogP contribution in [0.5, 0.6) is 11.5 Å². The van der Waals surface area contributed by atoms with Crippen LogP contribution >= 0.6 is 11.3 Å². The lowest BCUT2D eigenvalue weighted by atomic mass is 10.2. The van der Waals surface area contributed by atoms with Crippen LogP contribution in [-0.4, -0.2) is 63.1 Å². The number of amides is 1. The number of carbonyl (C=O) groups excluding carboxylic acids is 1. The van der Waals surface area contributed by atoms with E-state index in [0.29, 0.717) is 48.6 Å². The van der Waals surface area contributed by atoms with E-state index >= 15 is 0 Å². The zero-order chi connectivity index (χ0) is 24.1. The van der Waals surface area contributed by atoms with E-state index < -0.39 is 16.1 Å². The van der Waals surface area contributed by atoms with Crippen LogP contribution in [0.1, 0.15) is 6.92 Å². The van der Waals surface area contributed by atoms with E-state index in [2.05, 4.69) is 10.3 Å². The number of rotatable bonds is 8. The number of carbonyl (C=O) groups is 1. The number of nitrogens with zero attached hydrogens (tertiary/aromatic N) is 2. The molecule has 180 valence electrons. The molecule has 1 aliphatic rings. The molecular weight excluding hydrogens is 478 g/mol. The topological polar surface area (TPSA) is 107 Å². The van der Waals surface area contributed by atoms with Gasteiger partial charge in [0.2, 0.25) is 10.0 Å². The number of sulfonamides is 1. The Kier molecular flexibility index (Phi) is 7.47. The number of benzene rings is 2. The van der Waals surface area contributed by atoms with Crippen molar-refractivity contribution in [3.63, 3.8) is 0 Å². The van der Waals surface area contributed by atoms with Gasteiger partial charge in [0.1, 0.15) is 0 Å². The molecule has 2 aromatic carbocycles. The number of aromatic nitrogens is 1. The zero-order valence-corrected chi connectivity index (χ0v) is 20.4. The Bertz CT molecular complexity index is 1240. The van der Waals surface area contributed by atoms with E-state index in [0.717, 1.165) is 5.56 Å². The molecule has 34 heavy (non-hydrogen) atoms. The molecule has 0 bridgehead atoms. The quantitative estimate of drug-likeness (QED) is 0.503. The minimum Gasteiger partial charge on any atom is -0.493 e. The van der Waals surface area contributed by atoms with Crippen molar-refractivity contribution in [1.29, 1.82) is 0 Å². The van der Waals surface area contributed by atoms with Gasteiger partial charge in [0.15, 0.2) is 22.7 Å². The molecule has 9 nitrogen and oxygen atoms in total. The molecule has 1 saturated heterocycles. The second-order valence-corrected chi connectivity index (χ2v) is 10.3. The van der Waals surface area contributed by atoms with Crippen molar-refractivity contribution in [2.24, 2.45) is 0 Å². The van der Waals surface area contributed by atoms with Crippen LogP contribution in [-0.2, 0) is 19.6 Å². The highest BCUT2D eigenvalue weighted by Gasteiger charge is 2.26. The van der Waals surface area contributed by atoms with Crippen LogP contribution in [0.15, 0.2) is 58.8 Å². The van der Waals surface area contributed by atoms with Crippen LogP contribution in [0.4, 0.5) is 5.13 Å². The summed E-state index contributed by atoms with van der Waals surface area (Å²) in [6.45, 7) is 3.13. The van der Waals surface area contributed by atoms with E-state index in [-0.39, 0.29) is 10.8 Å². The van der Waals surface area contributed by atoms with E-state index in [1.807, 2.05) is 6.07 Å². The third kappa shape index (κ3) is 5.39. The van der Waals surface area contributed by atoms with Crippen molar-refractivity contribution in [1.82, 2.24) is 9.29 Å². The Labute approximate surface area is 202 Å². The van der Waals surface area contributed by atoms with Gasteiger partial charge in [0.25, 0.3) is 5.91 Å². The first-order chi connectivity index (χ1) is 16.4. The predicted molar refractivity (Wildman–Crippen MR) is 129 cm³/mol. The summed E-state index contributed by atoms with van der Waals surface area (Å²) in [6.07, 6.45) is -0.770. The molecule has 1 N–H and O–H groups in total. The van der Waals surface area contributed by atoms with Crippen molar-refractivity contribution < 1.29 is 27.4 Å². The third-order valence-corrected chi connectivity index (χ3v) is 7.90. The van der Waals surface area contributed by atoms with Gasteiger partial charge in [-0.3, -0.25) is 10.1 Å². The van der Waals surface area contributed by atoms with Gasteiger partial charge >= 0.3 is 0 Å². The van der Waals surface area contributed by atoms with Crippen molar-refractivity contribution in [3.05, 3.63) is 53.9 Å². The lowest BCUT2D eigenvalue weighted by Crippen LogP contribution is -2.40. The fourth-order valence-corrected chi connectivity index (χ4v) is 5.50. The zero-order valence-electron chi connectivity index (χ0n) is 18.8. The average Bonchev–Trinajstić information content (AvgIpc) is 3.33. The number of methoxy groups -OCH3 is 1. The first-order valence-corrected chi connectivity index (χ1v) is 12.9. The summed E-state index contributed by atoms with van der Waals surface area (Å²) < 4.78 is 43.2. The molecule has 4 rings (SSSR count). The number of anilines is 1. The first-order valence-electron chi connectivity index (χ1n) is 10.6. The molecule has 1 aromatic heterocycles. The summed E-state index contributed by atoms with van der Waals surface area (Å²) in [7, 11) is -2.02. The third-order valence-electron chi connectivity index (χ3n) is 5.23. The summed E-state index contributed by atoms with van der Waals surface area (Å²) in [6, 6.07) is 13.7. The van der Waals surface area contributed by atoms with E-state index in [9.17, 15) is 13.2 Å². The smallest absolute Gasteiger partial charge is 0.266 e. The Morgan fingerprint density at radius 3 is 2.47 bits per heavy atom. The van der Waals surface area contributed by atoms with E-state index in [4.69, 9.17) is 14.2 Å². The Morgan fingerprint density at radius 2 is 1.79 bits per heavy atom. The maximum Gasteiger partial charge on any atom is 0.266 e. The summed E-state index contributed by atoms with van der Waals surface area (Å²) in [5.74, 6) is 0.663. The maximum absolute atomic E-state index is 12.8. The van der Waals surface area contributed by atoms with Crippen LogP contribution in [0.25, 0.3) is 11.3 Å². The van der Waals surface area contributed by atoms with Crippen molar-refractivity contribution in [3.8, 4) is 22.8 Å². The predicted octanol–water partition coefficient (Wildman–Crippen LogP) is 3.25. The maximum atomic E-state index is 12.8. The molecule has 0 saturated carbocycles. The van der Waals surface area contributed by atoms with Crippen LogP contribution in [0.3, 0.4) is 0 Å². The lowest BCUT2D eigenvalue weighted by molar-refractivity contribution is -0.122. The van der Waals surface area contributed by atoms with Gasteiger partial charge in [0.05, 0.1) is 30.9 Å². The summed E-state index contributed by atoms with van der Waals surface area (Å²) >= 11 is 1.27. The minimum atomic E-state index is -3.56. The van der Waals surface area contributed by atoms with Gasteiger partial charge in [-0.1, -0.05) is 24.3 Å². The average molecular weight is 504 g/mol. The van der Waals surface area contributed by atoms with E-state index in [1.54, 1.807) is 54.8 Å². The number of hydrogen-bond donors (Lipinski definition) is 1. The number of hydrogen-bond acceptors (Lipinski definition) is 8. The molecule has 0 spiro atoms. The summed E-state index contributed by atoms with van der Waals surface area (Å²) in [4.78, 5) is 17.3. The molecule has 3 aromatic rings.